The molecule has 10 heteroatoms. The fraction of sp³-hybridized carbons (Fsp3) is 0.133. The number of benzene rings is 2. The summed E-state index contributed by atoms with van der Waals surface area (Å²) in [6.45, 7) is -1.66. The lowest BCUT2D eigenvalue weighted by Gasteiger charge is -2.10. The molecule has 0 saturated heterocycles. The molecule has 0 fully saturated rings. The first kappa shape index (κ1) is 19.4. The summed E-state index contributed by atoms with van der Waals surface area (Å²) in [5.41, 5.74) is 0.682. The van der Waals surface area contributed by atoms with Crippen LogP contribution in [0, 0.1) is 0 Å². The van der Waals surface area contributed by atoms with Gasteiger partial charge in [0, 0.05) is 10.2 Å². The van der Waals surface area contributed by atoms with Crippen molar-refractivity contribution in [2.75, 3.05) is 11.9 Å². The number of carbonyl (C=O) groups excluding carboxylic acids is 1. The van der Waals surface area contributed by atoms with Crippen LogP contribution in [0.4, 0.5) is 18.9 Å². The maximum Gasteiger partial charge on any atom is 0.402 e. The van der Waals surface area contributed by atoms with Crippen molar-refractivity contribution in [3.05, 3.63) is 58.6 Å². The maximum absolute atomic E-state index is 12.1. The SMILES string of the molecule is O=C(Nc1ccc(S(=O)(=O)NCC(F)(F)F)cc1)c1ccccc1Br. The Kier molecular flexibility index (Phi) is 5.86. The van der Waals surface area contributed by atoms with Gasteiger partial charge in [-0.2, -0.15) is 13.2 Å². The summed E-state index contributed by atoms with van der Waals surface area (Å²) < 4.78 is 62.0. The molecule has 0 unspecified atom stereocenters. The lowest BCUT2D eigenvalue weighted by molar-refractivity contribution is -0.121. The molecule has 2 rings (SSSR count). The minimum absolute atomic E-state index is 0.301. The van der Waals surface area contributed by atoms with Crippen LogP contribution >= 0.6 is 15.9 Å². The maximum atomic E-state index is 12.1. The monoisotopic (exact) mass is 436 g/mol. The zero-order valence-corrected chi connectivity index (χ0v) is 14.9. The average Bonchev–Trinajstić information content (AvgIpc) is 2.53. The highest BCUT2D eigenvalue weighted by Crippen LogP contribution is 2.20. The van der Waals surface area contributed by atoms with Crippen molar-refractivity contribution in [3.8, 4) is 0 Å². The van der Waals surface area contributed by atoms with E-state index in [0.717, 1.165) is 12.1 Å². The first-order valence-electron chi connectivity index (χ1n) is 6.81. The number of rotatable bonds is 5. The molecule has 0 bridgehead atoms. The fourth-order valence-corrected chi connectivity index (χ4v) is 3.30. The second-order valence-corrected chi connectivity index (χ2v) is 7.52. The van der Waals surface area contributed by atoms with Gasteiger partial charge in [0.15, 0.2) is 0 Å². The second-order valence-electron chi connectivity index (χ2n) is 4.90. The van der Waals surface area contributed by atoms with Gasteiger partial charge in [0.25, 0.3) is 5.91 Å². The average molecular weight is 437 g/mol. The number of sulfonamides is 1. The first-order chi connectivity index (χ1) is 11.6. The molecule has 25 heavy (non-hydrogen) atoms. The van der Waals surface area contributed by atoms with Gasteiger partial charge in [-0.3, -0.25) is 4.79 Å². The van der Waals surface area contributed by atoms with E-state index in [1.807, 2.05) is 0 Å². The number of hydrogen-bond acceptors (Lipinski definition) is 3. The summed E-state index contributed by atoms with van der Waals surface area (Å²) >= 11 is 3.24. The predicted molar refractivity (Wildman–Crippen MR) is 89.8 cm³/mol. The molecular formula is C15H12BrF3N2O3S. The van der Waals surface area contributed by atoms with E-state index in [1.165, 1.54) is 16.9 Å². The number of carbonyl (C=O) groups is 1. The molecule has 0 radical (unpaired) electrons. The van der Waals surface area contributed by atoms with Crippen molar-refractivity contribution in [1.82, 2.24) is 4.72 Å². The zero-order chi connectivity index (χ0) is 18.7. The topological polar surface area (TPSA) is 75.3 Å². The summed E-state index contributed by atoms with van der Waals surface area (Å²) in [6, 6.07) is 11.5. The van der Waals surface area contributed by atoms with Crippen molar-refractivity contribution in [2.24, 2.45) is 0 Å². The van der Waals surface area contributed by atoms with Crippen molar-refractivity contribution in [3.63, 3.8) is 0 Å². The number of halogens is 4. The van der Waals surface area contributed by atoms with Gasteiger partial charge in [-0.25, -0.2) is 13.1 Å². The molecule has 0 aliphatic heterocycles. The van der Waals surface area contributed by atoms with E-state index >= 15 is 0 Å². The van der Waals surface area contributed by atoms with Crippen LogP contribution in [0.15, 0.2) is 57.9 Å². The molecular weight excluding hydrogens is 425 g/mol. The Labute approximate surface area is 150 Å². The summed E-state index contributed by atoms with van der Waals surface area (Å²) in [5.74, 6) is -0.418. The zero-order valence-electron chi connectivity index (χ0n) is 12.5. The van der Waals surface area contributed by atoms with Crippen molar-refractivity contribution in [1.29, 1.82) is 0 Å². The fourth-order valence-electron chi connectivity index (χ4n) is 1.82. The van der Waals surface area contributed by atoms with Crippen LogP contribution in [-0.4, -0.2) is 27.0 Å². The van der Waals surface area contributed by atoms with Crippen LogP contribution in [0.3, 0.4) is 0 Å². The number of alkyl halides is 3. The van der Waals surface area contributed by atoms with Crippen molar-refractivity contribution < 1.29 is 26.4 Å². The third-order valence-corrected chi connectivity index (χ3v) is 5.11. The van der Waals surface area contributed by atoms with E-state index in [4.69, 9.17) is 0 Å². The standard InChI is InChI=1S/C15H12BrF3N2O3S/c16-13-4-2-1-3-12(13)14(22)21-10-5-7-11(8-6-10)25(23,24)20-9-15(17,18)19/h1-8,20H,9H2,(H,21,22). The van der Waals surface area contributed by atoms with Gasteiger partial charge in [-0.05, 0) is 52.3 Å². The van der Waals surface area contributed by atoms with Crippen LogP contribution < -0.4 is 10.0 Å². The lowest BCUT2D eigenvalue weighted by Crippen LogP contribution is -2.33. The Balaban J connectivity index is 2.10. The minimum atomic E-state index is -4.65. The van der Waals surface area contributed by atoms with Crippen molar-refractivity contribution >= 4 is 37.5 Å². The predicted octanol–water partition coefficient (Wildman–Crippen LogP) is 3.54. The minimum Gasteiger partial charge on any atom is -0.322 e. The third-order valence-electron chi connectivity index (χ3n) is 3.00. The summed E-state index contributed by atoms with van der Waals surface area (Å²) in [5, 5.41) is 2.57. The Hall–Kier alpha value is -1.91. The van der Waals surface area contributed by atoms with E-state index in [2.05, 4.69) is 21.2 Å². The molecule has 2 aromatic carbocycles. The molecule has 1 amide bonds. The van der Waals surface area contributed by atoms with Gasteiger partial charge in [-0.1, -0.05) is 12.1 Å². The highest BCUT2D eigenvalue weighted by Gasteiger charge is 2.30. The molecule has 0 atom stereocenters. The molecule has 0 heterocycles. The first-order valence-corrected chi connectivity index (χ1v) is 9.08. The van der Waals surface area contributed by atoms with Gasteiger partial charge in [0.2, 0.25) is 10.0 Å². The normalized spacial score (nSPS) is 12.0. The number of amides is 1. The molecule has 0 aromatic heterocycles. The van der Waals surface area contributed by atoms with Crippen LogP contribution in [0.2, 0.25) is 0 Å². The van der Waals surface area contributed by atoms with Crippen LogP contribution in [0.25, 0.3) is 0 Å². The number of nitrogens with one attached hydrogen (secondary N) is 2. The van der Waals surface area contributed by atoms with E-state index in [1.54, 1.807) is 24.3 Å². The third kappa shape index (κ3) is 5.55. The van der Waals surface area contributed by atoms with Gasteiger partial charge in [0.05, 0.1) is 10.5 Å². The van der Waals surface area contributed by atoms with Gasteiger partial charge in [-0.15, -0.1) is 0 Å². The van der Waals surface area contributed by atoms with Gasteiger partial charge >= 0.3 is 6.18 Å². The number of anilines is 1. The Bertz CT molecular complexity index is 868. The van der Waals surface area contributed by atoms with E-state index in [0.29, 0.717) is 15.7 Å². The summed E-state index contributed by atoms with van der Waals surface area (Å²) in [7, 11) is -4.29. The van der Waals surface area contributed by atoms with E-state index in [9.17, 15) is 26.4 Å². The van der Waals surface area contributed by atoms with E-state index < -0.39 is 28.7 Å². The lowest BCUT2D eigenvalue weighted by atomic mass is 10.2. The van der Waals surface area contributed by atoms with Crippen molar-refractivity contribution in [2.45, 2.75) is 11.1 Å². The second kappa shape index (κ2) is 7.54. The summed E-state index contributed by atoms with van der Waals surface area (Å²) in [6.07, 6.45) is -4.65. The molecule has 134 valence electrons. The molecule has 0 spiro atoms. The molecule has 5 nitrogen and oxygen atoms in total. The largest absolute Gasteiger partial charge is 0.402 e. The van der Waals surface area contributed by atoms with Gasteiger partial charge in [0.1, 0.15) is 6.54 Å². The molecule has 2 N–H and O–H groups in total. The molecule has 2 aromatic rings. The quantitative estimate of drug-likeness (QED) is 0.752. The van der Waals surface area contributed by atoms with Crippen LogP contribution in [0.1, 0.15) is 10.4 Å². The highest BCUT2D eigenvalue weighted by molar-refractivity contribution is 9.10. The Morgan fingerprint density at radius 2 is 1.64 bits per heavy atom. The smallest absolute Gasteiger partial charge is 0.322 e. The van der Waals surface area contributed by atoms with Crippen LogP contribution in [0.5, 0.6) is 0 Å². The molecule has 0 saturated carbocycles. The summed E-state index contributed by atoms with van der Waals surface area (Å²) in [4.78, 5) is 11.8. The molecule has 0 aliphatic rings. The molecule has 0 aliphatic carbocycles. The highest BCUT2D eigenvalue weighted by atomic mass is 79.9. The van der Waals surface area contributed by atoms with Gasteiger partial charge < -0.3 is 5.32 Å². The number of hydrogen-bond donors (Lipinski definition) is 2. The Morgan fingerprint density at radius 1 is 1.04 bits per heavy atom. The van der Waals surface area contributed by atoms with Crippen LogP contribution in [-0.2, 0) is 10.0 Å². The van der Waals surface area contributed by atoms with E-state index in [-0.39, 0.29) is 4.90 Å². The Morgan fingerprint density at radius 3 is 2.20 bits per heavy atom.